The third kappa shape index (κ3) is 6.35. The number of aromatic nitrogens is 3. The summed E-state index contributed by atoms with van der Waals surface area (Å²) in [5, 5.41) is 16.1. The van der Waals surface area contributed by atoms with Crippen LogP contribution in [-0.4, -0.2) is 46.1 Å². The van der Waals surface area contributed by atoms with Crippen molar-refractivity contribution in [3.8, 4) is 11.4 Å². The van der Waals surface area contributed by atoms with Crippen molar-refractivity contribution in [3.05, 3.63) is 76.4 Å². The van der Waals surface area contributed by atoms with Crippen LogP contribution in [0.25, 0.3) is 5.69 Å². The summed E-state index contributed by atoms with van der Waals surface area (Å²) in [5.41, 5.74) is 3.03. The molecule has 0 aliphatic heterocycles. The first-order valence-electron chi connectivity index (χ1n) is 12.0. The van der Waals surface area contributed by atoms with Gasteiger partial charge in [0.15, 0.2) is 11.0 Å². The Morgan fingerprint density at radius 2 is 1.79 bits per heavy atom. The lowest BCUT2D eigenvalue weighted by molar-refractivity contribution is -0.113. The van der Waals surface area contributed by atoms with Crippen molar-refractivity contribution in [3.63, 3.8) is 0 Å². The number of esters is 1. The number of hydrogen-bond acceptors (Lipinski definition) is 9. The first-order valence-corrected chi connectivity index (χ1v) is 13.8. The molecule has 2 N–H and O–H groups in total. The smallest absolute Gasteiger partial charge is 0.341 e. The molecule has 0 spiro atoms. The van der Waals surface area contributed by atoms with E-state index in [1.165, 1.54) is 23.1 Å². The van der Waals surface area contributed by atoms with Crippen molar-refractivity contribution >= 4 is 45.7 Å². The molecule has 9 nitrogen and oxygen atoms in total. The number of anilines is 2. The molecule has 2 heterocycles. The molecule has 0 atom stereocenters. The Labute approximate surface area is 229 Å². The zero-order valence-electron chi connectivity index (χ0n) is 21.6. The second-order valence-electron chi connectivity index (χ2n) is 8.20. The molecule has 0 aliphatic carbocycles. The van der Waals surface area contributed by atoms with Crippen LogP contribution in [0.15, 0.2) is 59.8 Å². The lowest BCUT2D eigenvalue weighted by Gasteiger charge is -2.12. The molecule has 0 aliphatic rings. The average molecular weight is 552 g/mol. The van der Waals surface area contributed by atoms with Gasteiger partial charge in [0, 0.05) is 16.3 Å². The topological polar surface area (TPSA) is 107 Å². The molecule has 2 aromatic carbocycles. The van der Waals surface area contributed by atoms with Gasteiger partial charge in [-0.25, -0.2) is 4.79 Å². The minimum Gasteiger partial charge on any atom is -0.497 e. The van der Waals surface area contributed by atoms with Gasteiger partial charge in [-0.2, -0.15) is 0 Å². The van der Waals surface area contributed by atoms with Crippen LogP contribution in [0.1, 0.15) is 33.5 Å². The molecule has 0 bridgehead atoms. The van der Waals surface area contributed by atoms with Crippen LogP contribution >= 0.6 is 23.1 Å². The van der Waals surface area contributed by atoms with Crippen molar-refractivity contribution in [2.45, 2.75) is 32.5 Å². The molecule has 0 saturated carbocycles. The summed E-state index contributed by atoms with van der Waals surface area (Å²) in [6, 6.07) is 17.4. The van der Waals surface area contributed by atoms with Gasteiger partial charge >= 0.3 is 5.97 Å². The summed E-state index contributed by atoms with van der Waals surface area (Å²) >= 11 is 2.64. The second-order valence-corrected chi connectivity index (χ2v) is 10.4. The second kappa shape index (κ2) is 12.6. The van der Waals surface area contributed by atoms with Gasteiger partial charge in [-0.3, -0.25) is 9.36 Å². The Balaban J connectivity index is 1.49. The fraction of sp³-hybridized carbons (Fsp3) is 0.259. The summed E-state index contributed by atoms with van der Waals surface area (Å²) in [7, 11) is 1.63. The van der Waals surface area contributed by atoms with E-state index < -0.39 is 5.97 Å². The zero-order chi connectivity index (χ0) is 27.1. The van der Waals surface area contributed by atoms with Crippen LogP contribution in [0.3, 0.4) is 0 Å². The van der Waals surface area contributed by atoms with E-state index in [9.17, 15) is 9.59 Å². The summed E-state index contributed by atoms with van der Waals surface area (Å²) < 4.78 is 12.3. The fourth-order valence-electron chi connectivity index (χ4n) is 3.69. The van der Waals surface area contributed by atoms with E-state index in [1.54, 1.807) is 14.0 Å². The number of rotatable bonds is 11. The molecule has 0 radical (unpaired) electrons. The van der Waals surface area contributed by atoms with E-state index in [4.69, 9.17) is 9.47 Å². The van der Waals surface area contributed by atoms with Crippen LogP contribution in [0, 0.1) is 13.8 Å². The first kappa shape index (κ1) is 27.2. The van der Waals surface area contributed by atoms with Crippen molar-refractivity contribution < 1.29 is 19.1 Å². The van der Waals surface area contributed by atoms with Gasteiger partial charge < -0.3 is 20.1 Å². The van der Waals surface area contributed by atoms with Gasteiger partial charge in [0.1, 0.15) is 10.8 Å². The number of carbonyl (C=O) groups is 2. The zero-order valence-corrected chi connectivity index (χ0v) is 23.2. The Morgan fingerprint density at radius 3 is 2.47 bits per heavy atom. The molecule has 11 heteroatoms. The maximum absolute atomic E-state index is 12.9. The summed E-state index contributed by atoms with van der Waals surface area (Å²) in [5.74, 6) is 0.887. The molecular weight excluding hydrogens is 522 g/mol. The number of carbonyl (C=O) groups excluding carboxylic acids is 2. The highest BCUT2D eigenvalue weighted by atomic mass is 32.2. The van der Waals surface area contributed by atoms with E-state index in [-0.39, 0.29) is 18.3 Å². The van der Waals surface area contributed by atoms with Crippen LogP contribution < -0.4 is 15.4 Å². The molecule has 38 heavy (non-hydrogen) atoms. The number of methoxy groups -OCH3 is 1. The molecule has 0 saturated heterocycles. The molecule has 2 aromatic heterocycles. The van der Waals surface area contributed by atoms with E-state index in [0.29, 0.717) is 28.1 Å². The molecule has 0 fully saturated rings. The maximum Gasteiger partial charge on any atom is 0.341 e. The fourth-order valence-corrected chi connectivity index (χ4v) is 5.53. The minimum absolute atomic E-state index is 0.0924. The summed E-state index contributed by atoms with van der Waals surface area (Å²) in [6.45, 7) is 6.22. The number of amides is 1. The van der Waals surface area contributed by atoms with E-state index in [1.807, 2.05) is 73.0 Å². The predicted molar refractivity (Wildman–Crippen MR) is 151 cm³/mol. The lowest BCUT2D eigenvalue weighted by atomic mass is 10.1. The van der Waals surface area contributed by atoms with Gasteiger partial charge in [-0.1, -0.05) is 30.0 Å². The molecule has 4 rings (SSSR count). The number of hydrogen-bond donors (Lipinski definition) is 2. The number of ether oxygens (including phenoxy) is 2. The van der Waals surface area contributed by atoms with E-state index in [0.717, 1.165) is 27.6 Å². The van der Waals surface area contributed by atoms with Crippen LogP contribution in [-0.2, 0) is 16.1 Å². The first-order chi connectivity index (χ1) is 18.4. The normalized spacial score (nSPS) is 10.7. The minimum atomic E-state index is -0.435. The molecular formula is C27H29N5O4S2. The van der Waals surface area contributed by atoms with Crippen molar-refractivity contribution in [2.24, 2.45) is 0 Å². The molecule has 4 aromatic rings. The number of thioether (sulfide) groups is 1. The third-order valence-electron chi connectivity index (χ3n) is 5.71. The van der Waals surface area contributed by atoms with Gasteiger partial charge in [-0.15, -0.1) is 21.5 Å². The maximum atomic E-state index is 12.9. The predicted octanol–water partition coefficient (Wildman–Crippen LogP) is 5.47. The quantitative estimate of drug-likeness (QED) is 0.187. The number of thiophene rings is 1. The molecule has 0 unspecified atom stereocenters. The van der Waals surface area contributed by atoms with Crippen LogP contribution in [0.5, 0.6) is 5.75 Å². The highest BCUT2D eigenvalue weighted by Gasteiger charge is 2.23. The largest absolute Gasteiger partial charge is 0.497 e. The average Bonchev–Trinajstić information content (AvgIpc) is 3.46. The van der Waals surface area contributed by atoms with Gasteiger partial charge in [-0.05, 0) is 62.7 Å². The Bertz CT molecular complexity index is 1400. The Morgan fingerprint density at radius 1 is 1.05 bits per heavy atom. The third-order valence-corrected chi connectivity index (χ3v) is 7.76. The van der Waals surface area contributed by atoms with Gasteiger partial charge in [0.05, 0.1) is 31.6 Å². The lowest BCUT2D eigenvalue weighted by Crippen LogP contribution is -2.17. The van der Waals surface area contributed by atoms with E-state index in [2.05, 4.69) is 20.8 Å². The number of aryl methyl sites for hydroxylation is 1. The number of nitrogens with zero attached hydrogens (tertiary/aromatic N) is 3. The van der Waals surface area contributed by atoms with Crippen molar-refractivity contribution in [1.82, 2.24) is 14.8 Å². The number of para-hydroxylation sites is 1. The van der Waals surface area contributed by atoms with Crippen molar-refractivity contribution in [1.29, 1.82) is 0 Å². The monoisotopic (exact) mass is 551 g/mol. The summed E-state index contributed by atoms with van der Waals surface area (Å²) in [6.07, 6.45) is 0. The standard InChI is InChI=1S/C27H29N5O4S2/c1-5-36-26(34)24-17(2)18(3)38-25(24)29-23(33)16-37-27-31-30-22(32(27)20-9-7-6-8-10-20)15-28-19-11-13-21(35-4)14-12-19/h6-14,28H,5,15-16H2,1-4H3,(H,29,33). The van der Waals surface area contributed by atoms with Gasteiger partial charge in [0.2, 0.25) is 5.91 Å². The van der Waals surface area contributed by atoms with E-state index >= 15 is 0 Å². The summed E-state index contributed by atoms with van der Waals surface area (Å²) in [4.78, 5) is 26.3. The number of benzene rings is 2. The number of nitrogens with one attached hydrogen (secondary N) is 2. The van der Waals surface area contributed by atoms with Gasteiger partial charge in [0.25, 0.3) is 0 Å². The highest BCUT2D eigenvalue weighted by Crippen LogP contribution is 2.33. The van der Waals surface area contributed by atoms with Crippen LogP contribution in [0.4, 0.5) is 10.7 Å². The molecule has 198 valence electrons. The van der Waals surface area contributed by atoms with Crippen LogP contribution in [0.2, 0.25) is 0 Å². The van der Waals surface area contributed by atoms with Crippen molar-refractivity contribution in [2.75, 3.05) is 30.1 Å². The SMILES string of the molecule is CCOC(=O)c1c(NC(=O)CSc2nnc(CNc3ccc(OC)cc3)n2-c2ccccc2)sc(C)c1C. The Hall–Kier alpha value is -3.83. The molecule has 1 amide bonds. The highest BCUT2D eigenvalue weighted by molar-refractivity contribution is 7.99. The Kier molecular flexibility index (Phi) is 9.03.